The van der Waals surface area contributed by atoms with Crippen LogP contribution in [0.4, 0.5) is 10.2 Å². The molecule has 33 heavy (non-hydrogen) atoms. The van der Waals surface area contributed by atoms with E-state index in [4.69, 9.17) is 5.10 Å². The highest BCUT2D eigenvalue weighted by atomic mass is 19.1. The third-order valence-electron chi connectivity index (χ3n) is 5.33. The zero-order valence-corrected chi connectivity index (χ0v) is 20.0. The quantitative estimate of drug-likeness (QED) is 0.568. The smallest absolute Gasteiger partial charge is 0.257 e. The zero-order chi connectivity index (χ0) is 24.3. The van der Waals surface area contributed by atoms with E-state index in [9.17, 15) is 14.0 Å². The minimum Gasteiger partial charge on any atom is -0.327 e. The number of anilines is 1. The number of nitrogens with zero attached hydrogens (tertiary/aromatic N) is 3. The van der Waals surface area contributed by atoms with Crippen LogP contribution in [0.3, 0.4) is 0 Å². The first-order chi connectivity index (χ1) is 15.5. The molecule has 0 radical (unpaired) electrons. The van der Waals surface area contributed by atoms with Crippen molar-refractivity contribution in [3.63, 3.8) is 0 Å². The topological polar surface area (TPSA) is 67.2 Å². The molecule has 1 N–H and O–H groups in total. The molecule has 0 spiro atoms. The third kappa shape index (κ3) is 5.66. The van der Waals surface area contributed by atoms with E-state index in [0.717, 1.165) is 16.9 Å². The summed E-state index contributed by atoms with van der Waals surface area (Å²) in [6.45, 7) is 11.5. The van der Waals surface area contributed by atoms with Crippen molar-refractivity contribution in [2.24, 2.45) is 0 Å². The summed E-state index contributed by atoms with van der Waals surface area (Å²) in [4.78, 5) is 27.3. The molecule has 0 fully saturated rings. The molecule has 0 unspecified atom stereocenters. The minimum absolute atomic E-state index is 0.0567. The highest BCUT2D eigenvalue weighted by Gasteiger charge is 2.26. The second kappa shape index (κ2) is 9.57. The molecule has 2 amide bonds. The fourth-order valence-corrected chi connectivity index (χ4v) is 3.33. The Hall–Kier alpha value is -3.48. The minimum atomic E-state index is -0.610. The molecule has 2 aromatic carbocycles. The maximum atomic E-state index is 14.2. The molecular formula is C26H31FN4O2. The van der Waals surface area contributed by atoms with Crippen LogP contribution in [-0.4, -0.2) is 39.1 Å². The van der Waals surface area contributed by atoms with Crippen LogP contribution in [0.15, 0.2) is 54.6 Å². The number of halogens is 1. The molecule has 1 heterocycles. The summed E-state index contributed by atoms with van der Waals surface area (Å²) >= 11 is 0. The summed E-state index contributed by atoms with van der Waals surface area (Å²) in [6, 6.07) is 15.2. The number of nitrogens with one attached hydrogen (secondary N) is 1. The summed E-state index contributed by atoms with van der Waals surface area (Å²) in [5, 5.41) is 7.61. The summed E-state index contributed by atoms with van der Waals surface area (Å²) in [5.41, 5.74) is 2.47. The maximum absolute atomic E-state index is 14.2. The Morgan fingerprint density at radius 1 is 1.09 bits per heavy atom. The van der Waals surface area contributed by atoms with Crippen molar-refractivity contribution in [2.75, 3.05) is 11.9 Å². The number of hydrogen-bond acceptors (Lipinski definition) is 3. The van der Waals surface area contributed by atoms with Gasteiger partial charge in [0.15, 0.2) is 0 Å². The van der Waals surface area contributed by atoms with Gasteiger partial charge >= 0.3 is 0 Å². The SMILES string of the molecule is Cc1ccc(-n2nc(C(C)(C)C)cc2NC(=O)CN(C(=O)c2ccccc2F)C(C)C)cc1. The van der Waals surface area contributed by atoms with Gasteiger partial charge in [0.2, 0.25) is 5.91 Å². The van der Waals surface area contributed by atoms with E-state index >= 15 is 0 Å². The number of aryl methyl sites for hydroxylation is 1. The number of carbonyl (C=O) groups is 2. The summed E-state index contributed by atoms with van der Waals surface area (Å²) in [7, 11) is 0. The van der Waals surface area contributed by atoms with Gasteiger partial charge in [-0.3, -0.25) is 9.59 Å². The molecule has 7 heteroatoms. The third-order valence-corrected chi connectivity index (χ3v) is 5.33. The fraction of sp³-hybridized carbons (Fsp3) is 0.346. The van der Waals surface area contributed by atoms with Crippen molar-refractivity contribution in [1.82, 2.24) is 14.7 Å². The van der Waals surface area contributed by atoms with Crippen molar-refractivity contribution < 1.29 is 14.0 Å². The van der Waals surface area contributed by atoms with Crippen LogP contribution in [0.1, 0.15) is 56.2 Å². The van der Waals surface area contributed by atoms with E-state index in [1.807, 2.05) is 58.0 Å². The molecular weight excluding hydrogens is 419 g/mol. The van der Waals surface area contributed by atoms with Gasteiger partial charge in [0.1, 0.15) is 18.2 Å². The van der Waals surface area contributed by atoms with Crippen LogP contribution >= 0.6 is 0 Å². The molecule has 0 aliphatic carbocycles. The summed E-state index contributed by atoms with van der Waals surface area (Å²) in [5.74, 6) is -1.01. The Bertz CT molecular complexity index is 1140. The van der Waals surface area contributed by atoms with E-state index in [0.29, 0.717) is 5.82 Å². The van der Waals surface area contributed by atoms with Crippen LogP contribution in [0.25, 0.3) is 5.69 Å². The predicted octanol–water partition coefficient (Wildman–Crippen LogP) is 5.11. The van der Waals surface area contributed by atoms with Crippen molar-refractivity contribution in [3.8, 4) is 5.69 Å². The highest BCUT2D eigenvalue weighted by Crippen LogP contribution is 2.26. The summed E-state index contributed by atoms with van der Waals surface area (Å²) < 4.78 is 15.9. The van der Waals surface area contributed by atoms with Crippen LogP contribution < -0.4 is 5.32 Å². The number of benzene rings is 2. The second-order valence-corrected chi connectivity index (χ2v) is 9.47. The molecule has 0 saturated carbocycles. The van der Waals surface area contributed by atoms with Crippen molar-refractivity contribution in [2.45, 2.75) is 53.0 Å². The van der Waals surface area contributed by atoms with E-state index in [1.54, 1.807) is 24.6 Å². The Morgan fingerprint density at radius 2 is 1.73 bits per heavy atom. The predicted molar refractivity (Wildman–Crippen MR) is 128 cm³/mol. The van der Waals surface area contributed by atoms with Crippen LogP contribution in [-0.2, 0) is 10.2 Å². The van der Waals surface area contributed by atoms with Gasteiger partial charge in [0.05, 0.1) is 16.9 Å². The Morgan fingerprint density at radius 3 is 2.30 bits per heavy atom. The van der Waals surface area contributed by atoms with Gasteiger partial charge in [0, 0.05) is 17.5 Å². The lowest BCUT2D eigenvalue weighted by molar-refractivity contribution is -0.117. The van der Waals surface area contributed by atoms with Gasteiger partial charge in [-0.25, -0.2) is 9.07 Å². The number of hydrogen-bond donors (Lipinski definition) is 1. The number of amides is 2. The first-order valence-corrected chi connectivity index (χ1v) is 11.0. The summed E-state index contributed by atoms with van der Waals surface area (Å²) in [6.07, 6.45) is 0. The molecule has 3 rings (SSSR count). The van der Waals surface area contributed by atoms with Crippen LogP contribution in [0.2, 0.25) is 0 Å². The Labute approximate surface area is 194 Å². The highest BCUT2D eigenvalue weighted by molar-refractivity contribution is 5.99. The Kier molecular flexibility index (Phi) is 7.01. The molecule has 0 aliphatic heterocycles. The van der Waals surface area contributed by atoms with Gasteiger partial charge in [-0.2, -0.15) is 5.10 Å². The molecule has 1 aromatic heterocycles. The van der Waals surface area contributed by atoms with E-state index in [2.05, 4.69) is 5.32 Å². The van der Waals surface area contributed by atoms with Crippen molar-refractivity contribution >= 4 is 17.6 Å². The van der Waals surface area contributed by atoms with Gasteiger partial charge in [0.25, 0.3) is 5.91 Å². The lowest BCUT2D eigenvalue weighted by Crippen LogP contribution is -2.42. The first kappa shape index (κ1) is 24.2. The largest absolute Gasteiger partial charge is 0.327 e. The lowest BCUT2D eigenvalue weighted by atomic mass is 9.92. The van der Waals surface area contributed by atoms with Crippen molar-refractivity contribution in [1.29, 1.82) is 0 Å². The van der Waals surface area contributed by atoms with Crippen molar-refractivity contribution in [3.05, 3.63) is 77.2 Å². The fourth-order valence-electron chi connectivity index (χ4n) is 3.33. The first-order valence-electron chi connectivity index (χ1n) is 11.0. The second-order valence-electron chi connectivity index (χ2n) is 9.47. The van der Waals surface area contributed by atoms with Crippen LogP contribution in [0.5, 0.6) is 0 Å². The standard InChI is InChI=1S/C26H31FN4O2/c1-17(2)30(25(33)20-9-7-8-10-21(20)27)16-24(32)28-23-15-22(26(4,5)6)29-31(23)19-13-11-18(3)12-14-19/h7-15,17H,16H2,1-6H3,(H,28,32). The normalized spacial score (nSPS) is 11.5. The average Bonchev–Trinajstić information content (AvgIpc) is 3.16. The van der Waals surface area contributed by atoms with Gasteiger partial charge in [-0.05, 0) is 45.0 Å². The number of aromatic nitrogens is 2. The van der Waals surface area contributed by atoms with Gasteiger partial charge < -0.3 is 10.2 Å². The molecule has 0 atom stereocenters. The molecule has 174 valence electrons. The molecule has 0 bridgehead atoms. The lowest BCUT2D eigenvalue weighted by Gasteiger charge is -2.26. The molecule has 3 aromatic rings. The van der Waals surface area contributed by atoms with Gasteiger partial charge in [-0.1, -0.05) is 50.6 Å². The van der Waals surface area contributed by atoms with E-state index in [1.165, 1.54) is 23.1 Å². The average molecular weight is 451 g/mol. The van der Waals surface area contributed by atoms with Gasteiger partial charge in [-0.15, -0.1) is 0 Å². The van der Waals surface area contributed by atoms with E-state index < -0.39 is 11.7 Å². The van der Waals surface area contributed by atoms with Crippen LogP contribution in [0, 0.1) is 12.7 Å². The molecule has 6 nitrogen and oxygen atoms in total. The Balaban J connectivity index is 1.88. The number of carbonyl (C=O) groups excluding carboxylic acids is 2. The monoisotopic (exact) mass is 450 g/mol. The molecule has 0 saturated heterocycles. The maximum Gasteiger partial charge on any atom is 0.257 e. The number of rotatable bonds is 6. The van der Waals surface area contributed by atoms with E-state index in [-0.39, 0.29) is 29.5 Å². The molecule has 0 aliphatic rings. The zero-order valence-electron chi connectivity index (χ0n) is 20.0.